The molecule has 0 bridgehead atoms. The normalized spacial score (nSPS) is 26.8. The molecule has 0 aromatic rings. The first-order chi connectivity index (χ1) is 9.32. The molecule has 3 N–H and O–H groups in total. The molecule has 0 amide bonds. The maximum absolute atomic E-state index is 6.20. The summed E-state index contributed by atoms with van der Waals surface area (Å²) in [5.74, 6) is 6.58. The van der Waals surface area contributed by atoms with E-state index in [0.717, 1.165) is 32.7 Å². The van der Waals surface area contributed by atoms with Gasteiger partial charge in [-0.25, -0.2) is 0 Å². The topological polar surface area (TPSA) is 56.5 Å². The summed E-state index contributed by atoms with van der Waals surface area (Å²) in [4.78, 5) is 0. The number of hydrazine groups is 1. The molecule has 2 rings (SSSR count). The van der Waals surface area contributed by atoms with E-state index in [-0.39, 0.29) is 11.6 Å². The number of nitrogens with two attached hydrogens (primary N) is 1. The van der Waals surface area contributed by atoms with Gasteiger partial charge in [0, 0.05) is 32.7 Å². The molecule has 0 aromatic carbocycles. The van der Waals surface area contributed by atoms with Crippen molar-refractivity contribution in [2.24, 2.45) is 11.8 Å². The van der Waals surface area contributed by atoms with Crippen LogP contribution < -0.4 is 11.3 Å². The average Bonchev–Trinajstić information content (AvgIpc) is 2.70. The van der Waals surface area contributed by atoms with Crippen LogP contribution in [0.15, 0.2) is 0 Å². The van der Waals surface area contributed by atoms with Crippen LogP contribution in [0.1, 0.15) is 58.3 Å². The van der Waals surface area contributed by atoms with Crippen molar-refractivity contribution >= 4 is 0 Å². The van der Waals surface area contributed by atoms with Gasteiger partial charge in [-0.15, -0.1) is 0 Å². The standard InChI is InChI=1S/C15H30N2O2/c1-2-19-15(9-11-18-12-10-15)14(17-16)13-7-5-3-4-6-8-13/h13-14,17H,2-12,16H2,1H3. The highest BCUT2D eigenvalue weighted by molar-refractivity contribution is 4.98. The Bertz CT molecular complexity index is 241. The molecule has 1 saturated heterocycles. The summed E-state index contributed by atoms with van der Waals surface area (Å²) < 4.78 is 11.7. The molecule has 1 aliphatic carbocycles. The van der Waals surface area contributed by atoms with Crippen LogP contribution in [0, 0.1) is 5.92 Å². The quantitative estimate of drug-likeness (QED) is 0.457. The van der Waals surface area contributed by atoms with Gasteiger partial charge in [0.1, 0.15) is 0 Å². The van der Waals surface area contributed by atoms with Crippen LogP contribution in [0.4, 0.5) is 0 Å². The van der Waals surface area contributed by atoms with Crippen LogP contribution >= 0.6 is 0 Å². The summed E-state index contributed by atoms with van der Waals surface area (Å²) in [6.45, 7) is 4.43. The zero-order valence-corrected chi connectivity index (χ0v) is 12.3. The van der Waals surface area contributed by atoms with Crippen molar-refractivity contribution < 1.29 is 9.47 Å². The van der Waals surface area contributed by atoms with Gasteiger partial charge in [-0.2, -0.15) is 0 Å². The molecule has 1 aliphatic heterocycles. The predicted octanol–water partition coefficient (Wildman–Crippen LogP) is 2.37. The zero-order valence-electron chi connectivity index (χ0n) is 12.3. The fourth-order valence-electron chi connectivity index (χ4n) is 3.91. The summed E-state index contributed by atoms with van der Waals surface area (Å²) in [6.07, 6.45) is 9.91. The first-order valence-corrected chi connectivity index (χ1v) is 8.00. The molecule has 19 heavy (non-hydrogen) atoms. The minimum atomic E-state index is -0.114. The third-order valence-corrected chi connectivity index (χ3v) is 4.89. The molecule has 0 radical (unpaired) electrons. The lowest BCUT2D eigenvalue weighted by molar-refractivity contribution is -0.137. The van der Waals surface area contributed by atoms with Crippen molar-refractivity contribution in [3.8, 4) is 0 Å². The SMILES string of the molecule is CCOC1(C(NN)C2CCCCCC2)CCOCC1. The minimum Gasteiger partial charge on any atom is -0.381 e. The molecular weight excluding hydrogens is 240 g/mol. The van der Waals surface area contributed by atoms with Gasteiger partial charge in [-0.05, 0) is 25.7 Å². The Balaban J connectivity index is 2.10. The lowest BCUT2D eigenvalue weighted by atomic mass is 9.76. The van der Waals surface area contributed by atoms with Crippen LogP contribution in [0.25, 0.3) is 0 Å². The zero-order chi connectivity index (χ0) is 13.6. The summed E-state index contributed by atoms with van der Waals surface area (Å²) in [6, 6.07) is 0.273. The van der Waals surface area contributed by atoms with Crippen molar-refractivity contribution in [3.63, 3.8) is 0 Å². The van der Waals surface area contributed by atoms with E-state index < -0.39 is 0 Å². The monoisotopic (exact) mass is 270 g/mol. The highest BCUT2D eigenvalue weighted by Crippen LogP contribution is 2.37. The van der Waals surface area contributed by atoms with Gasteiger partial charge in [0.25, 0.3) is 0 Å². The number of rotatable bonds is 5. The molecular formula is C15H30N2O2. The van der Waals surface area contributed by atoms with Gasteiger partial charge in [0.2, 0.25) is 0 Å². The number of nitrogens with one attached hydrogen (secondary N) is 1. The summed E-state index contributed by atoms with van der Waals surface area (Å²) in [5.41, 5.74) is 3.00. The van der Waals surface area contributed by atoms with E-state index in [0.29, 0.717) is 5.92 Å². The van der Waals surface area contributed by atoms with Crippen LogP contribution in [0.5, 0.6) is 0 Å². The van der Waals surface area contributed by atoms with Crippen molar-refractivity contribution in [2.75, 3.05) is 19.8 Å². The largest absolute Gasteiger partial charge is 0.381 e. The molecule has 112 valence electrons. The molecule has 2 aliphatic rings. The Morgan fingerprint density at radius 1 is 1.21 bits per heavy atom. The van der Waals surface area contributed by atoms with Crippen molar-refractivity contribution in [1.29, 1.82) is 0 Å². The van der Waals surface area contributed by atoms with E-state index >= 15 is 0 Å². The van der Waals surface area contributed by atoms with Gasteiger partial charge >= 0.3 is 0 Å². The van der Waals surface area contributed by atoms with E-state index in [2.05, 4.69) is 12.3 Å². The lowest BCUT2D eigenvalue weighted by Gasteiger charge is -2.46. The predicted molar refractivity (Wildman–Crippen MR) is 76.7 cm³/mol. The smallest absolute Gasteiger partial charge is 0.0894 e. The summed E-state index contributed by atoms with van der Waals surface area (Å²) >= 11 is 0. The second-order valence-electron chi connectivity index (χ2n) is 6.01. The maximum atomic E-state index is 6.20. The van der Waals surface area contributed by atoms with Crippen LogP contribution in [-0.4, -0.2) is 31.5 Å². The fourth-order valence-corrected chi connectivity index (χ4v) is 3.91. The number of hydrogen-bond acceptors (Lipinski definition) is 4. The first-order valence-electron chi connectivity index (χ1n) is 8.00. The fraction of sp³-hybridized carbons (Fsp3) is 1.00. The van der Waals surface area contributed by atoms with E-state index in [1.165, 1.54) is 38.5 Å². The third kappa shape index (κ3) is 3.69. The van der Waals surface area contributed by atoms with E-state index in [9.17, 15) is 0 Å². The molecule has 4 heteroatoms. The highest BCUT2D eigenvalue weighted by Gasteiger charge is 2.44. The molecule has 1 atom stereocenters. The van der Waals surface area contributed by atoms with Crippen LogP contribution in [-0.2, 0) is 9.47 Å². The number of ether oxygens (including phenoxy) is 2. The molecule has 4 nitrogen and oxygen atoms in total. The van der Waals surface area contributed by atoms with Gasteiger partial charge in [0.15, 0.2) is 0 Å². The van der Waals surface area contributed by atoms with Gasteiger partial charge < -0.3 is 9.47 Å². The van der Waals surface area contributed by atoms with Crippen molar-refractivity contribution in [1.82, 2.24) is 5.43 Å². The van der Waals surface area contributed by atoms with Gasteiger partial charge in [0.05, 0.1) is 11.6 Å². The van der Waals surface area contributed by atoms with E-state index in [1.807, 2.05) is 0 Å². The Morgan fingerprint density at radius 2 is 1.84 bits per heavy atom. The molecule has 1 unspecified atom stereocenters. The molecule has 2 fully saturated rings. The third-order valence-electron chi connectivity index (χ3n) is 4.89. The average molecular weight is 270 g/mol. The second kappa shape index (κ2) is 7.58. The minimum absolute atomic E-state index is 0.114. The molecule has 1 saturated carbocycles. The summed E-state index contributed by atoms with van der Waals surface area (Å²) in [5, 5.41) is 0. The lowest BCUT2D eigenvalue weighted by Crippen LogP contribution is -2.60. The Morgan fingerprint density at radius 3 is 2.37 bits per heavy atom. The molecule has 0 spiro atoms. The second-order valence-corrected chi connectivity index (χ2v) is 6.01. The first kappa shape index (κ1) is 15.2. The van der Waals surface area contributed by atoms with Crippen LogP contribution in [0.2, 0.25) is 0 Å². The Labute approximate surface area is 117 Å². The highest BCUT2D eigenvalue weighted by atomic mass is 16.5. The maximum Gasteiger partial charge on any atom is 0.0894 e. The van der Waals surface area contributed by atoms with Crippen molar-refractivity contribution in [3.05, 3.63) is 0 Å². The molecule has 0 aromatic heterocycles. The van der Waals surface area contributed by atoms with Crippen LogP contribution in [0.3, 0.4) is 0 Å². The number of hydrogen-bond donors (Lipinski definition) is 2. The van der Waals surface area contributed by atoms with Crippen molar-refractivity contribution in [2.45, 2.75) is 69.9 Å². The van der Waals surface area contributed by atoms with Gasteiger partial charge in [-0.1, -0.05) is 25.7 Å². The van der Waals surface area contributed by atoms with E-state index in [1.54, 1.807) is 0 Å². The Kier molecular flexibility index (Phi) is 6.07. The van der Waals surface area contributed by atoms with E-state index in [4.69, 9.17) is 15.3 Å². The summed E-state index contributed by atoms with van der Waals surface area (Å²) in [7, 11) is 0. The van der Waals surface area contributed by atoms with Gasteiger partial charge in [-0.3, -0.25) is 11.3 Å². The Hall–Kier alpha value is -0.160. The molecule has 1 heterocycles.